The zero-order valence-corrected chi connectivity index (χ0v) is 13.3. The van der Waals surface area contributed by atoms with Crippen molar-refractivity contribution in [2.75, 3.05) is 20.2 Å². The fourth-order valence-electron chi connectivity index (χ4n) is 1.89. The van der Waals surface area contributed by atoms with E-state index in [9.17, 15) is 9.59 Å². The lowest BCUT2D eigenvalue weighted by Crippen LogP contribution is -2.30. The van der Waals surface area contributed by atoms with Crippen LogP contribution in [0.2, 0.25) is 5.15 Å². The first-order chi connectivity index (χ1) is 10.9. The molecule has 1 fully saturated rings. The molecule has 2 heterocycles. The lowest BCUT2D eigenvalue weighted by molar-refractivity contribution is -0.134. The van der Waals surface area contributed by atoms with Gasteiger partial charge >= 0.3 is 11.9 Å². The first kappa shape index (κ1) is 18.9. The van der Waals surface area contributed by atoms with Gasteiger partial charge in [-0.05, 0) is 32.5 Å². The van der Waals surface area contributed by atoms with Crippen LogP contribution in [-0.4, -0.2) is 63.5 Å². The van der Waals surface area contributed by atoms with Crippen LogP contribution in [0, 0.1) is 0 Å². The minimum Gasteiger partial charge on any atom is -0.478 e. The SMILES string of the molecule is CN1CCC[C@H]1COc1ccc(Cl)nn1.O=C(O)/C=C/C(=O)O. The van der Waals surface area contributed by atoms with Crippen LogP contribution in [0.4, 0.5) is 0 Å². The number of rotatable bonds is 5. The summed E-state index contributed by atoms with van der Waals surface area (Å²) in [6, 6.07) is 3.93. The highest BCUT2D eigenvalue weighted by molar-refractivity contribution is 6.29. The predicted molar refractivity (Wildman–Crippen MR) is 82.6 cm³/mol. The molecule has 0 unspecified atom stereocenters. The van der Waals surface area contributed by atoms with Crippen molar-refractivity contribution in [3.63, 3.8) is 0 Å². The number of aliphatic carboxylic acids is 2. The smallest absolute Gasteiger partial charge is 0.328 e. The molecule has 0 saturated carbocycles. The number of carbonyl (C=O) groups is 2. The average molecular weight is 344 g/mol. The molecule has 1 aromatic heterocycles. The van der Waals surface area contributed by atoms with Gasteiger partial charge in [-0.3, -0.25) is 0 Å². The monoisotopic (exact) mass is 343 g/mol. The van der Waals surface area contributed by atoms with Crippen molar-refractivity contribution in [2.45, 2.75) is 18.9 Å². The standard InChI is InChI=1S/C10H14ClN3O.C4H4O4/c1-14-6-2-3-8(14)7-15-10-5-4-9(11)12-13-10;5-3(6)1-2-4(7)8/h4-5,8H,2-3,6-7H2,1H3;1-2H,(H,5,6)(H,7,8)/b;2-1+/t8-;/m0./s1. The summed E-state index contributed by atoms with van der Waals surface area (Å²) in [6.45, 7) is 1.83. The van der Waals surface area contributed by atoms with Crippen molar-refractivity contribution >= 4 is 23.5 Å². The van der Waals surface area contributed by atoms with E-state index in [0.29, 0.717) is 35.8 Å². The molecule has 1 aliphatic rings. The second kappa shape index (κ2) is 9.75. The number of nitrogens with zero attached hydrogens (tertiary/aromatic N) is 3. The number of carboxylic acid groups (broad SMARTS) is 2. The Morgan fingerprint density at radius 3 is 2.43 bits per heavy atom. The van der Waals surface area contributed by atoms with E-state index in [-0.39, 0.29) is 0 Å². The van der Waals surface area contributed by atoms with Crippen molar-refractivity contribution in [2.24, 2.45) is 0 Å². The normalized spacial score (nSPS) is 17.6. The Morgan fingerprint density at radius 1 is 1.35 bits per heavy atom. The summed E-state index contributed by atoms with van der Waals surface area (Å²) < 4.78 is 5.54. The van der Waals surface area contributed by atoms with Gasteiger partial charge in [0.2, 0.25) is 5.88 Å². The Labute approximate surface area is 138 Å². The Morgan fingerprint density at radius 2 is 2.00 bits per heavy atom. The minimum atomic E-state index is -1.26. The van der Waals surface area contributed by atoms with Crippen LogP contribution in [-0.2, 0) is 9.59 Å². The number of likely N-dealkylation sites (tertiary alicyclic amines) is 1. The van der Waals surface area contributed by atoms with Crippen LogP contribution < -0.4 is 4.74 Å². The molecule has 1 saturated heterocycles. The lowest BCUT2D eigenvalue weighted by Gasteiger charge is -2.18. The fraction of sp³-hybridized carbons (Fsp3) is 0.429. The van der Waals surface area contributed by atoms with Gasteiger partial charge in [0.25, 0.3) is 0 Å². The second-order valence-corrected chi connectivity index (χ2v) is 5.18. The van der Waals surface area contributed by atoms with E-state index in [2.05, 4.69) is 22.1 Å². The summed E-state index contributed by atoms with van der Waals surface area (Å²) in [5, 5.41) is 23.6. The van der Waals surface area contributed by atoms with Crippen LogP contribution in [0.15, 0.2) is 24.3 Å². The summed E-state index contributed by atoms with van der Waals surface area (Å²) in [5.41, 5.74) is 0. The van der Waals surface area contributed by atoms with Crippen LogP contribution in [0.1, 0.15) is 12.8 Å². The number of carboxylic acids is 2. The largest absolute Gasteiger partial charge is 0.478 e. The minimum absolute atomic E-state index is 0.389. The van der Waals surface area contributed by atoms with Gasteiger partial charge in [0.05, 0.1) is 0 Å². The predicted octanol–water partition coefficient (Wildman–Crippen LogP) is 1.31. The quantitative estimate of drug-likeness (QED) is 0.769. The first-order valence-corrected chi connectivity index (χ1v) is 7.22. The number of aromatic nitrogens is 2. The van der Waals surface area contributed by atoms with Crippen molar-refractivity contribution < 1.29 is 24.5 Å². The van der Waals surface area contributed by atoms with E-state index < -0.39 is 11.9 Å². The molecule has 0 aliphatic carbocycles. The Bertz CT molecular complexity index is 534. The zero-order chi connectivity index (χ0) is 17.2. The van der Waals surface area contributed by atoms with E-state index >= 15 is 0 Å². The molecule has 23 heavy (non-hydrogen) atoms. The van der Waals surface area contributed by atoms with Gasteiger partial charge < -0.3 is 19.8 Å². The maximum absolute atomic E-state index is 9.55. The van der Waals surface area contributed by atoms with Crippen LogP contribution in [0.5, 0.6) is 5.88 Å². The highest BCUT2D eigenvalue weighted by Gasteiger charge is 2.21. The van der Waals surface area contributed by atoms with Gasteiger partial charge in [0.15, 0.2) is 5.15 Å². The molecule has 2 N–H and O–H groups in total. The topological polar surface area (TPSA) is 113 Å². The Hall–Kier alpha value is -2.19. The molecule has 126 valence electrons. The molecule has 0 aromatic carbocycles. The van der Waals surface area contributed by atoms with Gasteiger partial charge in [-0.2, -0.15) is 0 Å². The number of ether oxygens (including phenoxy) is 1. The van der Waals surface area contributed by atoms with Gasteiger partial charge in [0, 0.05) is 24.3 Å². The highest BCUT2D eigenvalue weighted by atomic mass is 35.5. The van der Waals surface area contributed by atoms with E-state index in [1.165, 1.54) is 12.8 Å². The highest BCUT2D eigenvalue weighted by Crippen LogP contribution is 2.16. The third-order valence-electron chi connectivity index (χ3n) is 3.07. The lowest BCUT2D eigenvalue weighted by atomic mass is 10.2. The Balaban J connectivity index is 0.000000284. The van der Waals surface area contributed by atoms with Crippen molar-refractivity contribution in [3.05, 3.63) is 29.4 Å². The molecule has 2 rings (SSSR count). The summed E-state index contributed by atoms with van der Waals surface area (Å²) in [5.74, 6) is -1.97. The van der Waals surface area contributed by atoms with E-state index in [4.69, 9.17) is 26.6 Å². The molecule has 0 radical (unpaired) electrons. The zero-order valence-electron chi connectivity index (χ0n) is 12.6. The summed E-state index contributed by atoms with van der Waals surface area (Å²) in [7, 11) is 2.12. The molecule has 0 spiro atoms. The molecule has 8 nitrogen and oxygen atoms in total. The number of halogens is 1. The Kier molecular flexibility index (Phi) is 8.00. The van der Waals surface area contributed by atoms with Crippen LogP contribution in [0.3, 0.4) is 0 Å². The summed E-state index contributed by atoms with van der Waals surface area (Å²) in [6.07, 6.45) is 3.55. The van der Waals surface area contributed by atoms with Gasteiger partial charge in [-0.1, -0.05) is 11.6 Å². The van der Waals surface area contributed by atoms with Crippen LogP contribution in [0.25, 0.3) is 0 Å². The third-order valence-corrected chi connectivity index (χ3v) is 3.27. The summed E-state index contributed by atoms with van der Waals surface area (Å²) >= 11 is 5.62. The molecule has 0 bridgehead atoms. The summed E-state index contributed by atoms with van der Waals surface area (Å²) in [4.78, 5) is 21.4. The van der Waals surface area contributed by atoms with Gasteiger partial charge in [-0.25, -0.2) is 9.59 Å². The third kappa shape index (κ3) is 8.12. The number of hydrogen-bond donors (Lipinski definition) is 2. The van der Waals surface area contributed by atoms with E-state index in [1.54, 1.807) is 12.1 Å². The number of hydrogen-bond acceptors (Lipinski definition) is 6. The first-order valence-electron chi connectivity index (χ1n) is 6.84. The molecule has 1 aromatic rings. The van der Waals surface area contributed by atoms with Gasteiger partial charge in [0.1, 0.15) is 6.61 Å². The molecule has 1 atom stereocenters. The van der Waals surface area contributed by atoms with Crippen LogP contribution >= 0.6 is 11.6 Å². The molecule has 9 heteroatoms. The maximum atomic E-state index is 9.55. The fourth-order valence-corrected chi connectivity index (χ4v) is 2.00. The van der Waals surface area contributed by atoms with Crippen molar-refractivity contribution in [1.29, 1.82) is 0 Å². The molecule has 1 aliphatic heterocycles. The molecular formula is C14H18ClN3O5. The average Bonchev–Trinajstić information content (AvgIpc) is 2.91. The number of likely N-dealkylation sites (N-methyl/N-ethyl adjacent to an activating group) is 1. The maximum Gasteiger partial charge on any atom is 0.328 e. The van der Waals surface area contributed by atoms with E-state index in [0.717, 1.165) is 6.54 Å². The molecule has 0 amide bonds. The van der Waals surface area contributed by atoms with E-state index in [1.807, 2.05) is 0 Å². The van der Waals surface area contributed by atoms with Gasteiger partial charge in [-0.15, -0.1) is 10.2 Å². The van der Waals surface area contributed by atoms with Crippen molar-refractivity contribution in [3.8, 4) is 5.88 Å². The molecular weight excluding hydrogens is 326 g/mol. The van der Waals surface area contributed by atoms with Crippen molar-refractivity contribution in [1.82, 2.24) is 15.1 Å². The second-order valence-electron chi connectivity index (χ2n) is 4.79.